The highest BCUT2D eigenvalue weighted by atomic mass is 32.2. The molecule has 0 bridgehead atoms. The highest BCUT2D eigenvalue weighted by Crippen LogP contribution is 2.46. The van der Waals surface area contributed by atoms with Crippen LogP contribution in [0.3, 0.4) is 0 Å². The van der Waals surface area contributed by atoms with Crippen LogP contribution in [0.25, 0.3) is 0 Å². The maximum atomic E-state index is 13.5. The Hall–Kier alpha value is -2.94. The molecule has 3 aliphatic heterocycles. The van der Waals surface area contributed by atoms with E-state index in [1.807, 2.05) is 22.6 Å². The van der Waals surface area contributed by atoms with E-state index in [2.05, 4.69) is 15.2 Å². The minimum atomic E-state index is -0.259. The van der Waals surface area contributed by atoms with Crippen LogP contribution in [0.1, 0.15) is 43.1 Å². The number of aromatic nitrogens is 2. The van der Waals surface area contributed by atoms with E-state index in [1.54, 1.807) is 37.0 Å². The molecule has 1 saturated heterocycles. The number of carbonyl (C=O) groups is 1. The van der Waals surface area contributed by atoms with Gasteiger partial charge in [0, 0.05) is 38.5 Å². The van der Waals surface area contributed by atoms with E-state index >= 15 is 0 Å². The van der Waals surface area contributed by atoms with E-state index < -0.39 is 0 Å². The monoisotopic (exact) mass is 438 g/mol. The Kier molecular flexibility index (Phi) is 5.35. The summed E-state index contributed by atoms with van der Waals surface area (Å²) in [6, 6.07) is 8.38. The predicted molar refractivity (Wildman–Crippen MR) is 119 cm³/mol. The van der Waals surface area contributed by atoms with Crippen molar-refractivity contribution in [2.75, 3.05) is 18.4 Å². The summed E-state index contributed by atoms with van der Waals surface area (Å²) in [5, 5.41) is 6.37. The summed E-state index contributed by atoms with van der Waals surface area (Å²) in [5.41, 5.74) is 1.81. The van der Waals surface area contributed by atoms with Crippen molar-refractivity contribution in [2.24, 2.45) is 4.99 Å². The molecule has 0 radical (unpaired) electrons. The van der Waals surface area contributed by atoms with Gasteiger partial charge in [0.15, 0.2) is 5.17 Å². The molecule has 31 heavy (non-hydrogen) atoms. The number of halogens is 1. The average Bonchev–Trinajstić information content (AvgIpc) is 3.36. The van der Waals surface area contributed by atoms with Crippen LogP contribution in [-0.4, -0.2) is 50.0 Å². The van der Waals surface area contributed by atoms with E-state index in [9.17, 15) is 9.18 Å². The maximum absolute atomic E-state index is 13.5. The average molecular weight is 439 g/mol. The molecular formula is C22H23FN6OS. The Morgan fingerprint density at radius 2 is 1.97 bits per heavy atom. The van der Waals surface area contributed by atoms with Crippen LogP contribution in [-0.2, 0) is 4.79 Å². The summed E-state index contributed by atoms with van der Waals surface area (Å²) in [4.78, 5) is 29.7. The zero-order valence-electron chi connectivity index (χ0n) is 17.1. The first-order chi connectivity index (χ1) is 15.1. The molecule has 0 aliphatic carbocycles. The summed E-state index contributed by atoms with van der Waals surface area (Å²) >= 11 is 1.58. The fourth-order valence-corrected chi connectivity index (χ4v) is 5.07. The number of rotatable bonds is 4. The van der Waals surface area contributed by atoms with E-state index in [1.165, 1.54) is 12.1 Å². The Morgan fingerprint density at radius 3 is 2.71 bits per heavy atom. The van der Waals surface area contributed by atoms with Gasteiger partial charge in [-0.15, -0.1) is 0 Å². The second kappa shape index (κ2) is 8.30. The number of nitrogens with zero attached hydrogens (tertiary/aromatic N) is 5. The number of thioether (sulfide) groups is 1. The lowest BCUT2D eigenvalue weighted by Gasteiger charge is -2.32. The van der Waals surface area contributed by atoms with Crippen molar-refractivity contribution in [2.45, 2.75) is 37.9 Å². The Morgan fingerprint density at radius 1 is 1.19 bits per heavy atom. The quantitative estimate of drug-likeness (QED) is 0.785. The van der Waals surface area contributed by atoms with E-state index in [0.29, 0.717) is 5.95 Å². The van der Waals surface area contributed by atoms with Gasteiger partial charge in [-0.2, -0.15) is 0 Å². The van der Waals surface area contributed by atoms with Gasteiger partial charge >= 0.3 is 0 Å². The summed E-state index contributed by atoms with van der Waals surface area (Å²) in [5.74, 6) is 0.447. The molecule has 1 amide bonds. The van der Waals surface area contributed by atoms with E-state index in [4.69, 9.17) is 9.98 Å². The van der Waals surface area contributed by atoms with Gasteiger partial charge in [-0.1, -0.05) is 23.9 Å². The third kappa shape index (κ3) is 4.01. The highest BCUT2D eigenvalue weighted by Gasteiger charge is 2.40. The van der Waals surface area contributed by atoms with Crippen LogP contribution >= 0.6 is 11.8 Å². The minimum Gasteiger partial charge on any atom is -0.351 e. The molecule has 2 aromatic rings. The maximum Gasteiger partial charge on any atom is 0.223 e. The van der Waals surface area contributed by atoms with Crippen molar-refractivity contribution in [3.8, 4) is 0 Å². The number of hydrogen-bond acceptors (Lipinski definition) is 7. The first-order valence-electron chi connectivity index (χ1n) is 10.4. The standard InChI is InChI=1S/C22H23FN6OS/c1-14(30)28-10-7-17(8-11-28)25-21-24-9-6-18(26-21)20-19(15-2-4-16(23)5-3-15)27-22-29(20)12-13-31-22/h2-6,9,12-13,17,19-20H,7-8,10-11H2,1H3,(H,24,25,26). The molecule has 2 unspecified atom stereocenters. The molecule has 5 rings (SSSR count). The Bertz CT molecular complexity index is 1030. The number of amidine groups is 1. The van der Waals surface area contributed by atoms with Gasteiger partial charge in [0.1, 0.15) is 17.9 Å². The van der Waals surface area contributed by atoms with Crippen LogP contribution in [0, 0.1) is 5.82 Å². The number of anilines is 1. The van der Waals surface area contributed by atoms with Gasteiger partial charge in [-0.25, -0.2) is 14.4 Å². The van der Waals surface area contributed by atoms with Crippen molar-refractivity contribution in [3.63, 3.8) is 0 Å². The molecule has 0 saturated carbocycles. The zero-order chi connectivity index (χ0) is 21.4. The van der Waals surface area contributed by atoms with Crippen LogP contribution < -0.4 is 5.32 Å². The van der Waals surface area contributed by atoms with Crippen molar-refractivity contribution < 1.29 is 9.18 Å². The van der Waals surface area contributed by atoms with Crippen LogP contribution in [0.5, 0.6) is 0 Å². The number of amides is 1. The van der Waals surface area contributed by atoms with Gasteiger partial charge in [-0.05, 0) is 42.0 Å². The summed E-state index contributed by atoms with van der Waals surface area (Å²) in [6.45, 7) is 3.10. The molecular weight excluding hydrogens is 415 g/mol. The number of fused-ring (bicyclic) bond motifs is 1. The number of hydrogen-bond donors (Lipinski definition) is 1. The molecule has 3 aliphatic rings. The molecule has 4 heterocycles. The van der Waals surface area contributed by atoms with Crippen molar-refractivity contribution in [3.05, 3.63) is 65.2 Å². The SMILES string of the molecule is CC(=O)N1CCC(Nc2nccc(C3C(c4ccc(F)cc4)N=C4SC=CN43)n2)CC1. The molecule has 7 nitrogen and oxygen atoms in total. The largest absolute Gasteiger partial charge is 0.351 e. The lowest BCUT2D eigenvalue weighted by molar-refractivity contribution is -0.129. The van der Waals surface area contributed by atoms with E-state index in [-0.39, 0.29) is 29.8 Å². The van der Waals surface area contributed by atoms with Crippen LogP contribution in [0.15, 0.2) is 53.1 Å². The molecule has 1 aromatic carbocycles. The number of carbonyl (C=O) groups excluding carboxylic acids is 1. The van der Waals surface area contributed by atoms with Crippen molar-refractivity contribution in [1.29, 1.82) is 0 Å². The normalized spacial score (nSPS) is 23.1. The summed E-state index contributed by atoms with van der Waals surface area (Å²) in [7, 11) is 0. The Labute approximate surface area is 184 Å². The van der Waals surface area contributed by atoms with Crippen LogP contribution in [0.4, 0.5) is 10.3 Å². The first kappa shape index (κ1) is 20.0. The number of benzene rings is 1. The van der Waals surface area contributed by atoms with E-state index in [0.717, 1.165) is 42.4 Å². The second-order valence-electron chi connectivity index (χ2n) is 7.89. The van der Waals surface area contributed by atoms with Gasteiger partial charge in [-0.3, -0.25) is 9.79 Å². The summed E-state index contributed by atoms with van der Waals surface area (Å²) in [6.07, 6.45) is 5.52. The number of aliphatic imine (C=N–C) groups is 1. The van der Waals surface area contributed by atoms with Gasteiger partial charge in [0.2, 0.25) is 11.9 Å². The van der Waals surface area contributed by atoms with Gasteiger partial charge in [0.05, 0.1) is 5.69 Å². The predicted octanol–water partition coefficient (Wildman–Crippen LogP) is 3.71. The smallest absolute Gasteiger partial charge is 0.223 e. The highest BCUT2D eigenvalue weighted by molar-refractivity contribution is 8.16. The molecule has 160 valence electrons. The molecule has 9 heteroatoms. The van der Waals surface area contributed by atoms with Crippen LogP contribution in [0.2, 0.25) is 0 Å². The molecule has 0 spiro atoms. The third-order valence-electron chi connectivity index (χ3n) is 5.93. The van der Waals surface area contributed by atoms with Crippen molar-refractivity contribution >= 4 is 28.8 Å². The third-order valence-corrected chi connectivity index (χ3v) is 6.71. The zero-order valence-corrected chi connectivity index (χ0v) is 17.9. The fraction of sp³-hybridized carbons (Fsp3) is 0.364. The number of piperidine rings is 1. The number of likely N-dealkylation sites (tertiary alicyclic amines) is 1. The molecule has 1 fully saturated rings. The summed E-state index contributed by atoms with van der Waals surface area (Å²) < 4.78 is 13.5. The lowest BCUT2D eigenvalue weighted by atomic mass is 9.97. The lowest BCUT2D eigenvalue weighted by Crippen LogP contribution is -2.41. The topological polar surface area (TPSA) is 73.7 Å². The molecule has 1 N–H and O–H groups in total. The Balaban J connectivity index is 1.37. The molecule has 2 atom stereocenters. The number of nitrogens with one attached hydrogen (secondary N) is 1. The minimum absolute atomic E-state index is 0.116. The van der Waals surface area contributed by atoms with Crippen molar-refractivity contribution in [1.82, 2.24) is 19.8 Å². The van der Waals surface area contributed by atoms with Gasteiger partial charge < -0.3 is 15.1 Å². The van der Waals surface area contributed by atoms with Gasteiger partial charge in [0.25, 0.3) is 0 Å². The first-order valence-corrected chi connectivity index (χ1v) is 11.3. The molecule has 1 aromatic heterocycles. The second-order valence-corrected chi connectivity index (χ2v) is 8.77. The fourth-order valence-electron chi connectivity index (χ4n) is 4.28.